The van der Waals surface area contributed by atoms with Crippen LogP contribution in [0.4, 0.5) is 0 Å². The Kier molecular flexibility index (Phi) is 4.80. The monoisotopic (exact) mass is 274 g/mol. The summed E-state index contributed by atoms with van der Waals surface area (Å²) in [7, 11) is 1.95. The zero-order valence-electron chi connectivity index (χ0n) is 11.3. The molecule has 0 atom stereocenters. The molecule has 2 rings (SSSR count). The van der Waals surface area contributed by atoms with Gasteiger partial charge in [0.15, 0.2) is 5.78 Å². The average Bonchev–Trinajstić information content (AvgIpc) is 2.74. The van der Waals surface area contributed by atoms with Crippen molar-refractivity contribution in [3.05, 3.63) is 47.7 Å². The van der Waals surface area contributed by atoms with Crippen LogP contribution in [0.5, 0.6) is 0 Å². The smallest absolute Gasteiger partial charge is 0.162 e. The Labute approximate surface area is 118 Å². The third-order valence-electron chi connectivity index (χ3n) is 2.85. The van der Waals surface area contributed by atoms with Crippen LogP contribution in [0, 0.1) is 6.92 Å². The van der Waals surface area contributed by atoms with E-state index in [4.69, 9.17) is 0 Å². The predicted molar refractivity (Wildman–Crippen MR) is 78.7 cm³/mol. The summed E-state index contributed by atoms with van der Waals surface area (Å²) in [5.74, 6) is 1.17. The fraction of sp³-hybridized carbons (Fsp3) is 0.333. The standard InChI is InChI=1S/C15H18N2OS/c1-12-11-15(17(2)16-12)19-10-6-9-14(18)13-7-4-3-5-8-13/h3-5,7-8,11H,6,9-10H2,1-2H3. The quantitative estimate of drug-likeness (QED) is 0.459. The Balaban J connectivity index is 1.75. The van der Waals surface area contributed by atoms with Crippen LogP contribution in [-0.4, -0.2) is 21.3 Å². The largest absolute Gasteiger partial charge is 0.294 e. The van der Waals surface area contributed by atoms with Crippen molar-refractivity contribution in [3.8, 4) is 0 Å². The van der Waals surface area contributed by atoms with Gasteiger partial charge in [-0.15, -0.1) is 11.8 Å². The Morgan fingerprint density at radius 1 is 1.32 bits per heavy atom. The van der Waals surface area contributed by atoms with E-state index in [0.717, 1.165) is 28.5 Å². The number of aromatic nitrogens is 2. The summed E-state index contributed by atoms with van der Waals surface area (Å²) in [5, 5.41) is 5.46. The maximum absolute atomic E-state index is 11.9. The maximum atomic E-state index is 11.9. The molecule has 0 saturated heterocycles. The van der Waals surface area contributed by atoms with Crippen molar-refractivity contribution in [2.75, 3.05) is 5.75 Å². The summed E-state index contributed by atoms with van der Waals surface area (Å²) in [5.41, 5.74) is 1.84. The molecule has 4 heteroatoms. The number of nitrogens with zero attached hydrogens (tertiary/aromatic N) is 2. The lowest BCUT2D eigenvalue weighted by atomic mass is 10.1. The first-order chi connectivity index (χ1) is 9.16. The molecule has 0 radical (unpaired) electrons. The molecule has 0 aliphatic rings. The minimum absolute atomic E-state index is 0.224. The molecular formula is C15H18N2OS. The van der Waals surface area contributed by atoms with E-state index >= 15 is 0 Å². The van der Waals surface area contributed by atoms with Crippen molar-refractivity contribution in [3.63, 3.8) is 0 Å². The summed E-state index contributed by atoms with van der Waals surface area (Å²) in [6, 6.07) is 11.6. The highest BCUT2D eigenvalue weighted by Crippen LogP contribution is 2.20. The highest BCUT2D eigenvalue weighted by Gasteiger charge is 2.06. The van der Waals surface area contributed by atoms with Crippen molar-refractivity contribution in [1.29, 1.82) is 0 Å². The first-order valence-electron chi connectivity index (χ1n) is 6.38. The number of aryl methyl sites for hydroxylation is 2. The van der Waals surface area contributed by atoms with Crippen molar-refractivity contribution < 1.29 is 4.79 Å². The number of rotatable bonds is 6. The molecule has 100 valence electrons. The maximum Gasteiger partial charge on any atom is 0.162 e. The Hall–Kier alpha value is -1.55. The van der Waals surface area contributed by atoms with Gasteiger partial charge in [-0.2, -0.15) is 5.10 Å². The molecule has 0 bridgehead atoms. The van der Waals surface area contributed by atoms with Crippen molar-refractivity contribution in [2.24, 2.45) is 7.05 Å². The van der Waals surface area contributed by atoms with Crippen molar-refractivity contribution in [2.45, 2.75) is 24.8 Å². The molecule has 0 aliphatic carbocycles. The lowest BCUT2D eigenvalue weighted by molar-refractivity contribution is 0.0982. The van der Waals surface area contributed by atoms with Crippen LogP contribution in [-0.2, 0) is 7.05 Å². The third kappa shape index (κ3) is 3.96. The van der Waals surface area contributed by atoms with Gasteiger partial charge in [0, 0.05) is 19.0 Å². The molecule has 2 aromatic rings. The number of carbonyl (C=O) groups excluding carboxylic acids is 1. The van der Waals surface area contributed by atoms with Crippen LogP contribution >= 0.6 is 11.8 Å². The number of Topliss-reactive ketones (excluding diaryl/α,β-unsaturated/α-hetero) is 1. The number of ketones is 1. The molecule has 0 aliphatic heterocycles. The van der Waals surface area contributed by atoms with E-state index in [0.29, 0.717) is 6.42 Å². The van der Waals surface area contributed by atoms with E-state index in [9.17, 15) is 4.79 Å². The first kappa shape index (κ1) is 13.9. The van der Waals surface area contributed by atoms with E-state index in [1.807, 2.05) is 49.0 Å². The minimum atomic E-state index is 0.224. The molecule has 0 spiro atoms. The summed E-state index contributed by atoms with van der Waals surface area (Å²) in [6.45, 7) is 1.99. The van der Waals surface area contributed by atoms with Crippen LogP contribution < -0.4 is 0 Å². The highest BCUT2D eigenvalue weighted by atomic mass is 32.2. The second-order valence-corrected chi connectivity index (χ2v) is 5.60. The topological polar surface area (TPSA) is 34.9 Å². The number of hydrogen-bond acceptors (Lipinski definition) is 3. The van der Waals surface area contributed by atoms with Crippen LogP contribution in [0.15, 0.2) is 41.4 Å². The molecule has 0 saturated carbocycles. The lowest BCUT2D eigenvalue weighted by Gasteiger charge is -2.02. The lowest BCUT2D eigenvalue weighted by Crippen LogP contribution is -1.99. The van der Waals surface area contributed by atoms with E-state index < -0.39 is 0 Å². The van der Waals surface area contributed by atoms with Crippen LogP contribution in [0.2, 0.25) is 0 Å². The number of benzene rings is 1. The molecular weight excluding hydrogens is 256 g/mol. The van der Waals surface area contributed by atoms with Gasteiger partial charge in [0.25, 0.3) is 0 Å². The number of thioether (sulfide) groups is 1. The summed E-state index contributed by atoms with van der Waals surface area (Å²) >= 11 is 1.75. The third-order valence-corrected chi connectivity index (χ3v) is 4.02. The van der Waals surface area contributed by atoms with Gasteiger partial charge >= 0.3 is 0 Å². The van der Waals surface area contributed by atoms with Gasteiger partial charge in [-0.05, 0) is 25.2 Å². The van der Waals surface area contributed by atoms with E-state index in [-0.39, 0.29) is 5.78 Å². The second kappa shape index (κ2) is 6.57. The van der Waals surface area contributed by atoms with Crippen molar-refractivity contribution in [1.82, 2.24) is 9.78 Å². The molecule has 1 aromatic carbocycles. The van der Waals surface area contributed by atoms with Crippen LogP contribution in [0.1, 0.15) is 28.9 Å². The van der Waals surface area contributed by atoms with Gasteiger partial charge in [0.2, 0.25) is 0 Å². The first-order valence-corrected chi connectivity index (χ1v) is 7.37. The number of hydrogen-bond donors (Lipinski definition) is 0. The average molecular weight is 274 g/mol. The van der Waals surface area contributed by atoms with Gasteiger partial charge < -0.3 is 0 Å². The van der Waals surface area contributed by atoms with Gasteiger partial charge in [-0.1, -0.05) is 30.3 Å². The second-order valence-electron chi connectivity index (χ2n) is 4.49. The molecule has 1 aromatic heterocycles. The zero-order valence-corrected chi connectivity index (χ0v) is 12.1. The van der Waals surface area contributed by atoms with Gasteiger partial charge in [0.05, 0.1) is 10.7 Å². The number of carbonyl (C=O) groups is 1. The molecule has 0 unspecified atom stereocenters. The molecule has 0 N–H and O–H groups in total. The minimum Gasteiger partial charge on any atom is -0.294 e. The van der Waals surface area contributed by atoms with Crippen LogP contribution in [0.3, 0.4) is 0 Å². The van der Waals surface area contributed by atoms with E-state index in [2.05, 4.69) is 11.2 Å². The molecule has 3 nitrogen and oxygen atoms in total. The fourth-order valence-electron chi connectivity index (χ4n) is 1.90. The Bertz CT molecular complexity index is 549. The van der Waals surface area contributed by atoms with E-state index in [1.165, 1.54) is 0 Å². The Morgan fingerprint density at radius 3 is 2.68 bits per heavy atom. The predicted octanol–water partition coefficient (Wildman–Crippen LogP) is 3.48. The normalized spacial score (nSPS) is 10.6. The summed E-state index contributed by atoms with van der Waals surface area (Å²) in [4.78, 5) is 11.9. The van der Waals surface area contributed by atoms with E-state index in [1.54, 1.807) is 11.8 Å². The summed E-state index contributed by atoms with van der Waals surface area (Å²) in [6.07, 6.45) is 1.50. The van der Waals surface area contributed by atoms with Gasteiger partial charge in [-0.3, -0.25) is 9.48 Å². The summed E-state index contributed by atoms with van der Waals surface area (Å²) < 4.78 is 1.89. The molecule has 0 fully saturated rings. The molecule has 19 heavy (non-hydrogen) atoms. The fourth-order valence-corrected chi connectivity index (χ4v) is 2.88. The SMILES string of the molecule is Cc1cc(SCCCC(=O)c2ccccc2)n(C)n1. The van der Waals surface area contributed by atoms with Gasteiger partial charge in [-0.25, -0.2) is 0 Å². The molecule has 0 amide bonds. The Morgan fingerprint density at radius 2 is 2.05 bits per heavy atom. The van der Waals surface area contributed by atoms with Crippen LogP contribution in [0.25, 0.3) is 0 Å². The van der Waals surface area contributed by atoms with Gasteiger partial charge in [0.1, 0.15) is 0 Å². The zero-order chi connectivity index (χ0) is 13.7. The van der Waals surface area contributed by atoms with Crippen molar-refractivity contribution >= 4 is 17.5 Å². The molecule has 1 heterocycles. The highest BCUT2D eigenvalue weighted by molar-refractivity contribution is 7.99.